The number of para-hydroxylation sites is 1. The molecule has 1 rings (SSSR count). The molecule has 0 atom stereocenters. The minimum absolute atomic E-state index is 0.147. The number of amides is 2. The molecule has 0 heterocycles. The molecule has 0 saturated carbocycles. The van der Waals surface area contributed by atoms with Crippen LogP contribution in [-0.2, 0) is 0 Å². The van der Waals surface area contributed by atoms with E-state index in [4.69, 9.17) is 0 Å². The molecule has 0 aliphatic heterocycles. The summed E-state index contributed by atoms with van der Waals surface area (Å²) in [4.78, 5) is 13.4. The summed E-state index contributed by atoms with van der Waals surface area (Å²) in [6, 6.07) is 9.20. The van der Waals surface area contributed by atoms with Crippen LogP contribution in [0.5, 0.6) is 0 Å². The van der Waals surface area contributed by atoms with Gasteiger partial charge in [0.1, 0.15) is 0 Å². The van der Waals surface area contributed by atoms with Crippen LogP contribution in [0.2, 0.25) is 0 Å². The van der Waals surface area contributed by atoms with E-state index in [0.717, 1.165) is 5.69 Å². The first kappa shape index (κ1) is 12.0. The van der Waals surface area contributed by atoms with Crippen molar-refractivity contribution >= 4 is 11.7 Å². The van der Waals surface area contributed by atoms with Gasteiger partial charge in [0.25, 0.3) is 0 Å². The summed E-state index contributed by atoms with van der Waals surface area (Å²) in [6.45, 7) is 8.24. The molecule has 0 saturated heterocycles. The van der Waals surface area contributed by atoms with Crippen LogP contribution in [0.4, 0.5) is 10.5 Å². The van der Waals surface area contributed by atoms with Gasteiger partial charge < -0.3 is 10.2 Å². The zero-order chi connectivity index (χ0) is 11.8. The Morgan fingerprint density at radius 2 is 1.75 bits per heavy atom. The van der Waals surface area contributed by atoms with Gasteiger partial charge in [-0.1, -0.05) is 30.4 Å². The van der Waals surface area contributed by atoms with Crippen molar-refractivity contribution in [1.29, 1.82) is 0 Å². The Labute approximate surface area is 96.1 Å². The molecule has 0 bridgehead atoms. The van der Waals surface area contributed by atoms with Gasteiger partial charge in [-0.25, -0.2) is 4.79 Å². The molecule has 0 aliphatic carbocycles. The van der Waals surface area contributed by atoms with Crippen LogP contribution in [0.1, 0.15) is 0 Å². The molecule has 0 aliphatic rings. The van der Waals surface area contributed by atoms with Gasteiger partial charge in [0.15, 0.2) is 0 Å². The smallest absolute Gasteiger partial charge is 0.317 e. The molecule has 0 radical (unpaired) electrons. The highest BCUT2D eigenvalue weighted by Gasteiger charge is 2.09. The van der Waals surface area contributed by atoms with Gasteiger partial charge in [-0.15, -0.1) is 13.2 Å². The van der Waals surface area contributed by atoms with Crippen LogP contribution >= 0.6 is 0 Å². The highest BCUT2D eigenvalue weighted by Crippen LogP contribution is 2.06. The van der Waals surface area contributed by atoms with Crippen molar-refractivity contribution in [3.63, 3.8) is 0 Å². The quantitative estimate of drug-likeness (QED) is 0.754. The topological polar surface area (TPSA) is 32.3 Å². The Morgan fingerprint density at radius 3 is 2.25 bits per heavy atom. The van der Waals surface area contributed by atoms with Gasteiger partial charge in [-0.2, -0.15) is 0 Å². The number of nitrogens with zero attached hydrogens (tertiary/aromatic N) is 1. The molecule has 84 valence electrons. The summed E-state index contributed by atoms with van der Waals surface area (Å²) in [6.07, 6.45) is 3.38. The minimum Gasteiger partial charge on any atom is -0.317 e. The van der Waals surface area contributed by atoms with E-state index in [9.17, 15) is 4.79 Å². The zero-order valence-electron chi connectivity index (χ0n) is 9.23. The Kier molecular flexibility index (Phi) is 4.86. The fraction of sp³-hybridized carbons (Fsp3) is 0.154. The molecule has 0 spiro atoms. The predicted molar refractivity (Wildman–Crippen MR) is 67.4 cm³/mol. The summed E-state index contributed by atoms with van der Waals surface area (Å²) in [5, 5.41) is 2.80. The second-order valence-electron chi connectivity index (χ2n) is 3.28. The molecule has 1 aromatic carbocycles. The van der Waals surface area contributed by atoms with Crippen molar-refractivity contribution in [3.05, 3.63) is 55.6 Å². The van der Waals surface area contributed by atoms with E-state index < -0.39 is 0 Å². The molecule has 3 heteroatoms. The monoisotopic (exact) mass is 216 g/mol. The lowest BCUT2D eigenvalue weighted by atomic mass is 10.3. The first-order valence-corrected chi connectivity index (χ1v) is 5.10. The van der Waals surface area contributed by atoms with E-state index in [-0.39, 0.29) is 6.03 Å². The van der Waals surface area contributed by atoms with E-state index in [1.807, 2.05) is 30.3 Å². The lowest BCUT2D eigenvalue weighted by molar-refractivity contribution is 0.222. The number of nitrogens with one attached hydrogen (secondary N) is 1. The van der Waals surface area contributed by atoms with Crippen LogP contribution in [-0.4, -0.2) is 24.0 Å². The summed E-state index contributed by atoms with van der Waals surface area (Å²) in [5.41, 5.74) is 0.783. The first-order valence-electron chi connectivity index (χ1n) is 5.10. The molecule has 0 aromatic heterocycles. The first-order chi connectivity index (χ1) is 7.77. The molecule has 0 unspecified atom stereocenters. The fourth-order valence-corrected chi connectivity index (χ4v) is 1.28. The summed E-state index contributed by atoms with van der Waals surface area (Å²) >= 11 is 0. The Bertz CT molecular complexity index is 349. The summed E-state index contributed by atoms with van der Waals surface area (Å²) < 4.78 is 0. The van der Waals surface area contributed by atoms with E-state index in [1.165, 1.54) is 0 Å². The van der Waals surface area contributed by atoms with Crippen molar-refractivity contribution in [3.8, 4) is 0 Å². The Morgan fingerprint density at radius 1 is 1.19 bits per heavy atom. The normalized spacial score (nSPS) is 9.25. The number of hydrogen-bond acceptors (Lipinski definition) is 1. The van der Waals surface area contributed by atoms with Crippen LogP contribution < -0.4 is 5.32 Å². The Balaban J connectivity index is 2.61. The average molecular weight is 216 g/mol. The van der Waals surface area contributed by atoms with Crippen molar-refractivity contribution < 1.29 is 4.79 Å². The number of rotatable bonds is 5. The number of hydrogen-bond donors (Lipinski definition) is 1. The van der Waals surface area contributed by atoms with Crippen LogP contribution in [0.15, 0.2) is 55.6 Å². The SMILES string of the molecule is C=CCN(CC=C)C(=O)Nc1ccccc1. The fourth-order valence-electron chi connectivity index (χ4n) is 1.28. The largest absolute Gasteiger partial charge is 0.322 e. The number of anilines is 1. The third-order valence-corrected chi connectivity index (χ3v) is 2.01. The number of urea groups is 1. The summed E-state index contributed by atoms with van der Waals surface area (Å²) in [5.74, 6) is 0. The third kappa shape index (κ3) is 3.61. The Hall–Kier alpha value is -2.03. The molecule has 16 heavy (non-hydrogen) atoms. The maximum Gasteiger partial charge on any atom is 0.322 e. The number of carbonyl (C=O) groups is 1. The van der Waals surface area contributed by atoms with Gasteiger partial charge in [0.05, 0.1) is 0 Å². The molecular weight excluding hydrogens is 200 g/mol. The molecule has 0 fully saturated rings. The average Bonchev–Trinajstić information content (AvgIpc) is 2.30. The predicted octanol–water partition coefficient (Wildman–Crippen LogP) is 2.89. The van der Waals surface area contributed by atoms with Crippen molar-refractivity contribution in [2.45, 2.75) is 0 Å². The van der Waals surface area contributed by atoms with Crippen molar-refractivity contribution in [1.82, 2.24) is 4.90 Å². The zero-order valence-corrected chi connectivity index (χ0v) is 9.23. The standard InChI is InChI=1S/C13H16N2O/c1-3-10-15(11-4-2)13(16)14-12-8-6-5-7-9-12/h3-9H,1-2,10-11H2,(H,14,16). The maximum absolute atomic E-state index is 11.8. The lowest BCUT2D eigenvalue weighted by Crippen LogP contribution is -2.35. The van der Waals surface area contributed by atoms with Crippen LogP contribution in [0.3, 0.4) is 0 Å². The number of benzene rings is 1. The van der Waals surface area contributed by atoms with Crippen LogP contribution in [0.25, 0.3) is 0 Å². The van der Waals surface area contributed by atoms with Crippen molar-refractivity contribution in [2.24, 2.45) is 0 Å². The highest BCUT2D eigenvalue weighted by molar-refractivity contribution is 5.89. The molecule has 2 amide bonds. The summed E-state index contributed by atoms with van der Waals surface area (Å²) in [7, 11) is 0. The van der Waals surface area contributed by atoms with E-state index in [2.05, 4.69) is 18.5 Å². The molecule has 3 nitrogen and oxygen atoms in total. The highest BCUT2D eigenvalue weighted by atomic mass is 16.2. The van der Waals surface area contributed by atoms with E-state index in [0.29, 0.717) is 13.1 Å². The van der Waals surface area contributed by atoms with Gasteiger partial charge >= 0.3 is 6.03 Å². The maximum atomic E-state index is 11.8. The molecule has 1 aromatic rings. The molecule has 1 N–H and O–H groups in total. The second kappa shape index (κ2) is 6.45. The van der Waals surface area contributed by atoms with Crippen molar-refractivity contribution in [2.75, 3.05) is 18.4 Å². The minimum atomic E-state index is -0.147. The van der Waals surface area contributed by atoms with Gasteiger partial charge in [0, 0.05) is 18.8 Å². The lowest BCUT2D eigenvalue weighted by Gasteiger charge is -2.19. The van der Waals surface area contributed by atoms with Crippen LogP contribution in [0, 0.1) is 0 Å². The second-order valence-corrected chi connectivity index (χ2v) is 3.28. The van der Waals surface area contributed by atoms with Gasteiger partial charge in [-0.05, 0) is 12.1 Å². The van der Waals surface area contributed by atoms with Gasteiger partial charge in [-0.3, -0.25) is 0 Å². The van der Waals surface area contributed by atoms with E-state index >= 15 is 0 Å². The molecular formula is C13H16N2O. The van der Waals surface area contributed by atoms with Gasteiger partial charge in [0.2, 0.25) is 0 Å². The van der Waals surface area contributed by atoms with E-state index in [1.54, 1.807) is 17.1 Å². The number of carbonyl (C=O) groups excluding carboxylic acids is 1. The third-order valence-electron chi connectivity index (χ3n) is 2.01.